The van der Waals surface area contributed by atoms with Crippen molar-refractivity contribution >= 4 is 5.91 Å². The standard InChI is InChI=1S/C17H19FN2O/c1-12-7-8-13(9-16(12)18)11-20-17(21)15(10-19)14-5-3-2-4-6-14/h2-9,15H,10-11,19H2,1H3,(H,20,21). The Hall–Kier alpha value is -2.20. The fourth-order valence-electron chi connectivity index (χ4n) is 2.14. The lowest BCUT2D eigenvalue weighted by molar-refractivity contribution is -0.122. The average Bonchev–Trinajstić information content (AvgIpc) is 2.50. The molecule has 3 nitrogen and oxygen atoms in total. The first-order valence-electron chi connectivity index (χ1n) is 6.89. The Morgan fingerprint density at radius 2 is 1.95 bits per heavy atom. The normalized spacial score (nSPS) is 12.0. The minimum absolute atomic E-state index is 0.148. The predicted molar refractivity (Wildman–Crippen MR) is 81.2 cm³/mol. The van der Waals surface area contributed by atoms with Gasteiger partial charge in [0.25, 0.3) is 0 Å². The van der Waals surface area contributed by atoms with E-state index < -0.39 is 0 Å². The van der Waals surface area contributed by atoms with Crippen LogP contribution in [0.3, 0.4) is 0 Å². The van der Waals surface area contributed by atoms with Gasteiger partial charge in [-0.15, -0.1) is 0 Å². The molecule has 0 spiro atoms. The van der Waals surface area contributed by atoms with Crippen LogP contribution in [0.1, 0.15) is 22.6 Å². The van der Waals surface area contributed by atoms with Crippen LogP contribution >= 0.6 is 0 Å². The molecule has 0 saturated carbocycles. The first-order chi connectivity index (χ1) is 10.1. The molecule has 0 aliphatic carbocycles. The van der Waals surface area contributed by atoms with Gasteiger partial charge in [-0.25, -0.2) is 4.39 Å². The van der Waals surface area contributed by atoms with Gasteiger partial charge in [0.15, 0.2) is 0 Å². The van der Waals surface area contributed by atoms with Crippen molar-refractivity contribution in [1.82, 2.24) is 5.32 Å². The van der Waals surface area contributed by atoms with E-state index in [4.69, 9.17) is 5.73 Å². The summed E-state index contributed by atoms with van der Waals surface area (Å²) in [5.74, 6) is -0.800. The maximum absolute atomic E-state index is 13.5. The summed E-state index contributed by atoms with van der Waals surface area (Å²) < 4.78 is 13.5. The molecule has 0 saturated heterocycles. The fourth-order valence-corrected chi connectivity index (χ4v) is 2.14. The molecule has 0 aliphatic heterocycles. The number of amides is 1. The second-order valence-corrected chi connectivity index (χ2v) is 5.00. The molecule has 4 heteroatoms. The van der Waals surface area contributed by atoms with Crippen LogP contribution < -0.4 is 11.1 Å². The van der Waals surface area contributed by atoms with E-state index in [2.05, 4.69) is 5.32 Å². The Bertz CT molecular complexity index is 613. The van der Waals surface area contributed by atoms with Crippen LogP contribution in [0.4, 0.5) is 4.39 Å². The zero-order chi connectivity index (χ0) is 15.2. The highest BCUT2D eigenvalue weighted by Gasteiger charge is 2.18. The minimum atomic E-state index is -0.388. The summed E-state index contributed by atoms with van der Waals surface area (Å²) in [4.78, 5) is 12.2. The molecule has 2 rings (SSSR count). The molecule has 0 bridgehead atoms. The predicted octanol–water partition coefficient (Wildman–Crippen LogP) is 2.49. The molecule has 110 valence electrons. The Kier molecular flexibility index (Phi) is 5.06. The van der Waals surface area contributed by atoms with E-state index in [1.807, 2.05) is 30.3 Å². The van der Waals surface area contributed by atoms with Crippen molar-refractivity contribution in [1.29, 1.82) is 0 Å². The van der Waals surface area contributed by atoms with Gasteiger partial charge in [0, 0.05) is 13.1 Å². The molecule has 0 heterocycles. The van der Waals surface area contributed by atoms with Gasteiger partial charge < -0.3 is 11.1 Å². The van der Waals surface area contributed by atoms with E-state index in [-0.39, 0.29) is 24.2 Å². The van der Waals surface area contributed by atoms with E-state index >= 15 is 0 Å². The van der Waals surface area contributed by atoms with Gasteiger partial charge in [0.2, 0.25) is 5.91 Å². The molecular formula is C17H19FN2O. The zero-order valence-electron chi connectivity index (χ0n) is 12.0. The summed E-state index contributed by atoms with van der Waals surface area (Å²) in [6, 6.07) is 14.3. The SMILES string of the molecule is Cc1ccc(CNC(=O)C(CN)c2ccccc2)cc1F. The smallest absolute Gasteiger partial charge is 0.229 e. The van der Waals surface area contributed by atoms with Gasteiger partial charge in [0.1, 0.15) is 5.82 Å². The van der Waals surface area contributed by atoms with Crippen LogP contribution in [0.15, 0.2) is 48.5 Å². The van der Waals surface area contributed by atoms with E-state index in [0.29, 0.717) is 12.1 Å². The van der Waals surface area contributed by atoms with Crippen molar-refractivity contribution in [3.05, 3.63) is 71.0 Å². The number of hydrogen-bond donors (Lipinski definition) is 2. The average molecular weight is 286 g/mol. The maximum Gasteiger partial charge on any atom is 0.229 e. The topological polar surface area (TPSA) is 55.1 Å². The van der Waals surface area contributed by atoms with Crippen molar-refractivity contribution in [3.63, 3.8) is 0 Å². The number of hydrogen-bond acceptors (Lipinski definition) is 2. The Balaban J connectivity index is 2.01. The fraction of sp³-hybridized carbons (Fsp3) is 0.235. The number of halogens is 1. The minimum Gasteiger partial charge on any atom is -0.351 e. The molecule has 21 heavy (non-hydrogen) atoms. The van der Waals surface area contributed by atoms with E-state index in [1.54, 1.807) is 19.1 Å². The third-order valence-corrected chi connectivity index (χ3v) is 3.46. The lowest BCUT2D eigenvalue weighted by Gasteiger charge is -2.15. The second kappa shape index (κ2) is 6.99. The number of carbonyl (C=O) groups excluding carboxylic acids is 1. The highest BCUT2D eigenvalue weighted by Crippen LogP contribution is 2.15. The maximum atomic E-state index is 13.5. The lowest BCUT2D eigenvalue weighted by Crippen LogP contribution is -2.33. The van der Waals surface area contributed by atoms with Gasteiger partial charge >= 0.3 is 0 Å². The van der Waals surface area contributed by atoms with Crippen LogP contribution in [0.2, 0.25) is 0 Å². The van der Waals surface area contributed by atoms with E-state index in [0.717, 1.165) is 11.1 Å². The van der Waals surface area contributed by atoms with Crippen LogP contribution in [0, 0.1) is 12.7 Å². The number of carbonyl (C=O) groups is 1. The second-order valence-electron chi connectivity index (χ2n) is 5.00. The third kappa shape index (κ3) is 3.89. The summed E-state index contributed by atoms with van der Waals surface area (Å²) in [6.07, 6.45) is 0. The van der Waals surface area contributed by atoms with Crippen LogP contribution in [-0.2, 0) is 11.3 Å². The van der Waals surface area contributed by atoms with E-state index in [1.165, 1.54) is 6.07 Å². The first kappa shape index (κ1) is 15.2. The molecule has 1 unspecified atom stereocenters. The summed E-state index contributed by atoms with van der Waals surface area (Å²) in [6.45, 7) is 2.23. The van der Waals surface area contributed by atoms with Crippen LogP contribution in [-0.4, -0.2) is 12.5 Å². The molecule has 0 aliphatic rings. The summed E-state index contributed by atoms with van der Waals surface area (Å²) >= 11 is 0. The molecule has 0 aromatic heterocycles. The van der Waals surface area contributed by atoms with Crippen molar-refractivity contribution in [2.45, 2.75) is 19.4 Å². The van der Waals surface area contributed by atoms with E-state index in [9.17, 15) is 9.18 Å². The highest BCUT2D eigenvalue weighted by molar-refractivity contribution is 5.83. The lowest BCUT2D eigenvalue weighted by atomic mass is 9.98. The largest absolute Gasteiger partial charge is 0.351 e. The van der Waals surface area contributed by atoms with Gasteiger partial charge in [-0.2, -0.15) is 0 Å². The summed E-state index contributed by atoms with van der Waals surface area (Å²) in [5.41, 5.74) is 7.90. The highest BCUT2D eigenvalue weighted by atomic mass is 19.1. The number of nitrogens with two attached hydrogens (primary N) is 1. The quantitative estimate of drug-likeness (QED) is 0.887. The van der Waals surface area contributed by atoms with Crippen molar-refractivity contribution in [3.8, 4) is 0 Å². The molecule has 0 fully saturated rings. The van der Waals surface area contributed by atoms with Gasteiger partial charge in [-0.05, 0) is 29.7 Å². The van der Waals surface area contributed by atoms with Gasteiger partial charge in [-0.1, -0.05) is 42.5 Å². The molecule has 2 aromatic carbocycles. The molecular weight excluding hydrogens is 267 g/mol. The third-order valence-electron chi connectivity index (χ3n) is 3.46. The molecule has 1 atom stereocenters. The van der Waals surface area contributed by atoms with Crippen LogP contribution in [0.25, 0.3) is 0 Å². The molecule has 1 amide bonds. The van der Waals surface area contributed by atoms with Crippen molar-refractivity contribution < 1.29 is 9.18 Å². The zero-order valence-corrected chi connectivity index (χ0v) is 12.0. The Morgan fingerprint density at radius 3 is 2.57 bits per heavy atom. The monoisotopic (exact) mass is 286 g/mol. The Labute approximate surface area is 124 Å². The molecule has 3 N–H and O–H groups in total. The Morgan fingerprint density at radius 1 is 1.24 bits per heavy atom. The van der Waals surface area contributed by atoms with Crippen molar-refractivity contribution in [2.24, 2.45) is 5.73 Å². The number of rotatable bonds is 5. The van der Waals surface area contributed by atoms with Gasteiger partial charge in [-0.3, -0.25) is 4.79 Å². The number of aryl methyl sites for hydroxylation is 1. The number of benzene rings is 2. The van der Waals surface area contributed by atoms with Crippen LogP contribution in [0.5, 0.6) is 0 Å². The number of nitrogens with one attached hydrogen (secondary N) is 1. The first-order valence-corrected chi connectivity index (χ1v) is 6.89. The van der Waals surface area contributed by atoms with Gasteiger partial charge in [0.05, 0.1) is 5.92 Å². The summed E-state index contributed by atoms with van der Waals surface area (Å²) in [5, 5.41) is 2.81. The summed E-state index contributed by atoms with van der Waals surface area (Å²) in [7, 11) is 0. The van der Waals surface area contributed by atoms with Crippen molar-refractivity contribution in [2.75, 3.05) is 6.54 Å². The molecule has 2 aromatic rings. The molecule has 0 radical (unpaired) electrons.